The maximum atomic E-state index is 10.9. The highest BCUT2D eigenvalue weighted by molar-refractivity contribution is 6.04. The number of carbonyl (C=O) groups is 1. The fourth-order valence-electron chi connectivity index (χ4n) is 2.11. The fourth-order valence-corrected chi connectivity index (χ4v) is 2.11. The van der Waals surface area contributed by atoms with E-state index >= 15 is 0 Å². The van der Waals surface area contributed by atoms with Gasteiger partial charge in [-0.05, 0) is 23.1 Å². The Balaban J connectivity index is 2.41. The van der Waals surface area contributed by atoms with E-state index in [1.807, 2.05) is 12.1 Å². The van der Waals surface area contributed by atoms with Crippen LogP contribution >= 0.6 is 0 Å². The van der Waals surface area contributed by atoms with Crippen LogP contribution in [-0.4, -0.2) is 11.1 Å². The summed E-state index contributed by atoms with van der Waals surface area (Å²) in [7, 11) is 0. The average Bonchev–Trinajstić information content (AvgIpc) is 2.64. The summed E-state index contributed by atoms with van der Waals surface area (Å²) in [4.78, 5) is 10.9. The summed E-state index contributed by atoms with van der Waals surface area (Å²) in [6.45, 7) is 0.787. The number of carboxylic acid groups (broad SMARTS) is 1. The van der Waals surface area contributed by atoms with Crippen LogP contribution in [0.3, 0.4) is 0 Å². The van der Waals surface area contributed by atoms with Crippen LogP contribution in [0.15, 0.2) is 30.3 Å². The van der Waals surface area contributed by atoms with Gasteiger partial charge in [-0.3, -0.25) is 0 Å². The van der Waals surface area contributed by atoms with E-state index in [9.17, 15) is 4.79 Å². The van der Waals surface area contributed by atoms with Gasteiger partial charge in [0.25, 0.3) is 0 Å². The molecule has 0 spiro atoms. The molecule has 3 heteroatoms. The number of anilines is 1. The molecule has 1 heterocycles. The Labute approximate surface area is 86.3 Å². The highest BCUT2D eigenvalue weighted by Crippen LogP contribution is 2.33. The summed E-state index contributed by atoms with van der Waals surface area (Å²) in [6.07, 6.45) is 0. The molecule has 2 N–H and O–H groups in total. The summed E-state index contributed by atoms with van der Waals surface area (Å²) in [5.74, 6) is -0.882. The van der Waals surface area contributed by atoms with Crippen molar-refractivity contribution < 1.29 is 9.90 Å². The molecule has 0 aromatic heterocycles. The molecule has 3 nitrogen and oxygen atoms in total. The molecule has 0 amide bonds. The lowest BCUT2D eigenvalue weighted by Crippen LogP contribution is -1.97. The zero-order chi connectivity index (χ0) is 10.4. The van der Waals surface area contributed by atoms with E-state index in [1.165, 1.54) is 5.56 Å². The molecule has 1 aliphatic rings. The highest BCUT2D eigenvalue weighted by Gasteiger charge is 2.15. The van der Waals surface area contributed by atoms with Crippen molar-refractivity contribution in [2.45, 2.75) is 6.54 Å². The zero-order valence-corrected chi connectivity index (χ0v) is 7.95. The van der Waals surface area contributed by atoms with Gasteiger partial charge in [0.15, 0.2) is 0 Å². The molecule has 0 bridgehead atoms. The molecule has 0 unspecified atom stereocenters. The van der Waals surface area contributed by atoms with Crippen LogP contribution in [0.5, 0.6) is 0 Å². The molecule has 0 atom stereocenters. The third-order valence-corrected chi connectivity index (χ3v) is 2.78. The predicted molar refractivity (Wildman–Crippen MR) is 58.2 cm³/mol. The van der Waals surface area contributed by atoms with Crippen molar-refractivity contribution in [3.05, 3.63) is 41.5 Å². The third-order valence-electron chi connectivity index (χ3n) is 2.78. The Morgan fingerprint density at radius 3 is 3.00 bits per heavy atom. The summed E-state index contributed by atoms with van der Waals surface area (Å²) in [5.41, 5.74) is 2.50. The minimum absolute atomic E-state index is 0.337. The summed E-state index contributed by atoms with van der Waals surface area (Å²) in [6, 6.07) is 9.38. The summed E-state index contributed by atoms with van der Waals surface area (Å²) < 4.78 is 0. The maximum Gasteiger partial charge on any atom is 0.335 e. The molecule has 0 aliphatic carbocycles. The standard InChI is InChI=1S/C12H9NO2/c14-12(15)9-4-7-2-1-3-8-6-13-10(5-9)11(7)8/h1-5,13H,6H2,(H,14,15). The lowest BCUT2D eigenvalue weighted by Gasteiger charge is -2.02. The fraction of sp³-hybridized carbons (Fsp3) is 0.0833. The normalized spacial score (nSPS) is 12.8. The number of benzene rings is 2. The van der Waals surface area contributed by atoms with Crippen LogP contribution < -0.4 is 5.32 Å². The van der Waals surface area contributed by atoms with Gasteiger partial charge in [0, 0.05) is 17.6 Å². The van der Waals surface area contributed by atoms with E-state index in [4.69, 9.17) is 5.11 Å². The Morgan fingerprint density at radius 2 is 2.20 bits per heavy atom. The van der Waals surface area contributed by atoms with Crippen LogP contribution in [-0.2, 0) is 6.54 Å². The van der Waals surface area contributed by atoms with Crippen LogP contribution in [0, 0.1) is 0 Å². The molecule has 0 saturated carbocycles. The SMILES string of the molecule is O=C(O)c1cc2c3c(cccc3c1)CN2. The van der Waals surface area contributed by atoms with Gasteiger partial charge in [-0.2, -0.15) is 0 Å². The van der Waals surface area contributed by atoms with Gasteiger partial charge < -0.3 is 10.4 Å². The van der Waals surface area contributed by atoms with Crippen molar-refractivity contribution in [3.63, 3.8) is 0 Å². The second-order valence-corrected chi connectivity index (χ2v) is 3.70. The van der Waals surface area contributed by atoms with E-state index < -0.39 is 5.97 Å². The van der Waals surface area contributed by atoms with E-state index in [1.54, 1.807) is 12.1 Å². The molecule has 2 aromatic carbocycles. The number of hydrogen-bond acceptors (Lipinski definition) is 2. The molecule has 2 aromatic rings. The molecular weight excluding hydrogens is 190 g/mol. The van der Waals surface area contributed by atoms with E-state index in [0.29, 0.717) is 5.56 Å². The Morgan fingerprint density at radius 1 is 1.33 bits per heavy atom. The first-order valence-electron chi connectivity index (χ1n) is 4.78. The average molecular weight is 199 g/mol. The molecule has 74 valence electrons. The van der Waals surface area contributed by atoms with Crippen molar-refractivity contribution in [1.29, 1.82) is 0 Å². The Kier molecular flexibility index (Phi) is 1.51. The second kappa shape index (κ2) is 2.73. The van der Waals surface area contributed by atoms with Gasteiger partial charge in [-0.15, -0.1) is 0 Å². The molecule has 0 fully saturated rings. The minimum atomic E-state index is -0.882. The van der Waals surface area contributed by atoms with Crippen LogP contribution in [0.25, 0.3) is 10.8 Å². The predicted octanol–water partition coefficient (Wildman–Crippen LogP) is 2.46. The number of nitrogens with one attached hydrogen (secondary N) is 1. The van der Waals surface area contributed by atoms with Gasteiger partial charge in [-0.1, -0.05) is 18.2 Å². The molecular formula is C12H9NO2. The first-order valence-corrected chi connectivity index (χ1v) is 4.78. The topological polar surface area (TPSA) is 49.3 Å². The first kappa shape index (κ1) is 8.29. The smallest absolute Gasteiger partial charge is 0.335 e. The van der Waals surface area contributed by atoms with Crippen LogP contribution in [0.1, 0.15) is 15.9 Å². The van der Waals surface area contributed by atoms with Crippen molar-refractivity contribution in [2.75, 3.05) is 5.32 Å². The first-order chi connectivity index (χ1) is 7.25. The Hall–Kier alpha value is -2.03. The Bertz CT molecular complexity index is 575. The number of carboxylic acids is 1. The van der Waals surface area contributed by atoms with Gasteiger partial charge >= 0.3 is 5.97 Å². The van der Waals surface area contributed by atoms with Crippen LogP contribution in [0.4, 0.5) is 5.69 Å². The molecule has 1 aliphatic heterocycles. The number of hydrogen-bond donors (Lipinski definition) is 2. The van der Waals surface area contributed by atoms with Gasteiger partial charge in [-0.25, -0.2) is 4.79 Å². The number of rotatable bonds is 1. The largest absolute Gasteiger partial charge is 0.478 e. The number of aromatic carboxylic acids is 1. The summed E-state index contributed by atoms with van der Waals surface area (Å²) in [5, 5.41) is 14.3. The van der Waals surface area contributed by atoms with Crippen molar-refractivity contribution >= 4 is 22.4 Å². The second-order valence-electron chi connectivity index (χ2n) is 3.70. The van der Waals surface area contributed by atoms with E-state index in [0.717, 1.165) is 23.0 Å². The molecule has 15 heavy (non-hydrogen) atoms. The van der Waals surface area contributed by atoms with E-state index in [-0.39, 0.29) is 0 Å². The molecule has 3 rings (SSSR count). The monoisotopic (exact) mass is 199 g/mol. The van der Waals surface area contributed by atoms with E-state index in [2.05, 4.69) is 11.4 Å². The maximum absolute atomic E-state index is 10.9. The zero-order valence-electron chi connectivity index (χ0n) is 7.95. The molecule has 0 radical (unpaired) electrons. The van der Waals surface area contributed by atoms with Gasteiger partial charge in [0.05, 0.1) is 5.56 Å². The third kappa shape index (κ3) is 1.09. The van der Waals surface area contributed by atoms with Crippen molar-refractivity contribution in [1.82, 2.24) is 0 Å². The van der Waals surface area contributed by atoms with Gasteiger partial charge in [0.1, 0.15) is 0 Å². The highest BCUT2D eigenvalue weighted by atomic mass is 16.4. The van der Waals surface area contributed by atoms with Crippen molar-refractivity contribution in [3.8, 4) is 0 Å². The molecule has 0 saturated heterocycles. The van der Waals surface area contributed by atoms with Crippen molar-refractivity contribution in [2.24, 2.45) is 0 Å². The lowest BCUT2D eigenvalue weighted by atomic mass is 10.0. The van der Waals surface area contributed by atoms with Gasteiger partial charge in [0.2, 0.25) is 0 Å². The lowest BCUT2D eigenvalue weighted by molar-refractivity contribution is 0.0697. The summed E-state index contributed by atoms with van der Waals surface area (Å²) >= 11 is 0. The minimum Gasteiger partial charge on any atom is -0.478 e. The quantitative estimate of drug-likeness (QED) is 0.741. The van der Waals surface area contributed by atoms with Crippen LogP contribution in [0.2, 0.25) is 0 Å².